The molecule has 0 aliphatic carbocycles. The average molecular weight is 470 g/mol. The molecule has 8 nitrogen and oxygen atoms in total. The lowest BCUT2D eigenvalue weighted by molar-refractivity contribution is -0.274. The fraction of sp³-hybridized carbons (Fsp3) is 0.250. The number of furan rings is 1. The Morgan fingerprint density at radius 1 is 1.06 bits per heavy atom. The average Bonchev–Trinajstić information content (AvgIpc) is 3.11. The van der Waals surface area contributed by atoms with Crippen LogP contribution in [0.5, 0.6) is 5.75 Å². The lowest BCUT2D eigenvalue weighted by Crippen LogP contribution is -2.40. The van der Waals surface area contributed by atoms with Crippen LogP contribution >= 0.6 is 0 Å². The number of hydrogen-bond donors (Lipinski definition) is 1. The summed E-state index contributed by atoms with van der Waals surface area (Å²) < 4.78 is 80.5. The number of sulfonamides is 1. The van der Waals surface area contributed by atoms with E-state index in [4.69, 9.17) is 9.15 Å². The Bertz CT molecular complexity index is 1250. The standard InChI is InChI=1S/C20H17F3N2O6S/c21-20(22,23)31-13-4-3-5-14(12-13)32(27,28)24-17-15-6-1-2-7-16(15)30-18(17)19(26)25-8-10-29-11-9-25/h1-7,12,24H,8-11H2. The summed E-state index contributed by atoms with van der Waals surface area (Å²) in [6.45, 7) is 1.27. The van der Waals surface area contributed by atoms with Crippen molar-refractivity contribution in [1.82, 2.24) is 4.90 Å². The molecule has 2 aromatic carbocycles. The van der Waals surface area contributed by atoms with E-state index in [1.807, 2.05) is 0 Å². The Labute approximate surface area is 180 Å². The third-order valence-electron chi connectivity index (χ3n) is 4.67. The van der Waals surface area contributed by atoms with E-state index < -0.39 is 32.9 Å². The van der Waals surface area contributed by atoms with Gasteiger partial charge in [0.25, 0.3) is 15.9 Å². The number of benzene rings is 2. The first-order valence-electron chi connectivity index (χ1n) is 9.41. The number of amides is 1. The molecular formula is C20H17F3N2O6S. The molecule has 1 aliphatic rings. The lowest BCUT2D eigenvalue weighted by Gasteiger charge is -2.26. The van der Waals surface area contributed by atoms with Crippen molar-refractivity contribution in [2.75, 3.05) is 31.0 Å². The van der Waals surface area contributed by atoms with Crippen molar-refractivity contribution in [3.63, 3.8) is 0 Å². The summed E-state index contributed by atoms with van der Waals surface area (Å²) in [5.74, 6) is -1.45. The molecule has 0 atom stereocenters. The van der Waals surface area contributed by atoms with Crippen LogP contribution in [0.4, 0.5) is 18.9 Å². The van der Waals surface area contributed by atoms with Gasteiger partial charge in [0.05, 0.1) is 18.1 Å². The molecule has 2 heterocycles. The third kappa shape index (κ3) is 4.65. The van der Waals surface area contributed by atoms with Gasteiger partial charge in [0.2, 0.25) is 5.76 Å². The van der Waals surface area contributed by atoms with Crippen LogP contribution in [-0.4, -0.2) is 51.9 Å². The number of fused-ring (bicyclic) bond motifs is 1. The molecule has 0 radical (unpaired) electrons. The Morgan fingerprint density at radius 3 is 2.50 bits per heavy atom. The van der Waals surface area contributed by atoms with Crippen molar-refractivity contribution < 1.29 is 40.3 Å². The second-order valence-electron chi connectivity index (χ2n) is 6.84. The van der Waals surface area contributed by atoms with Gasteiger partial charge < -0.3 is 18.8 Å². The molecular weight excluding hydrogens is 453 g/mol. The molecule has 1 aromatic heterocycles. The number of ether oxygens (including phenoxy) is 2. The van der Waals surface area contributed by atoms with Crippen molar-refractivity contribution in [2.45, 2.75) is 11.3 Å². The minimum Gasteiger partial charge on any atom is -0.449 e. The molecule has 12 heteroatoms. The summed E-state index contributed by atoms with van der Waals surface area (Å²) in [5.41, 5.74) is 0.176. The van der Waals surface area contributed by atoms with Crippen LogP contribution < -0.4 is 9.46 Å². The van der Waals surface area contributed by atoms with Crippen molar-refractivity contribution >= 4 is 32.6 Å². The molecule has 1 amide bonds. The minimum atomic E-state index is -4.98. The fourth-order valence-corrected chi connectivity index (χ4v) is 4.36. The number of nitrogens with one attached hydrogen (secondary N) is 1. The molecule has 4 rings (SSSR count). The van der Waals surface area contributed by atoms with Crippen LogP contribution in [0.3, 0.4) is 0 Å². The first-order chi connectivity index (χ1) is 15.1. The zero-order valence-corrected chi connectivity index (χ0v) is 17.2. The topological polar surface area (TPSA) is 98.1 Å². The van der Waals surface area contributed by atoms with Gasteiger partial charge >= 0.3 is 6.36 Å². The van der Waals surface area contributed by atoms with E-state index in [0.717, 1.165) is 24.3 Å². The molecule has 0 unspecified atom stereocenters. The van der Waals surface area contributed by atoms with E-state index in [0.29, 0.717) is 31.7 Å². The summed E-state index contributed by atoms with van der Waals surface area (Å²) in [6, 6.07) is 10.4. The smallest absolute Gasteiger partial charge is 0.449 e. The van der Waals surface area contributed by atoms with Gasteiger partial charge in [-0.15, -0.1) is 13.2 Å². The zero-order valence-electron chi connectivity index (χ0n) is 16.4. The molecule has 0 saturated carbocycles. The second kappa shape index (κ2) is 8.36. The van der Waals surface area contributed by atoms with Crippen molar-refractivity contribution in [1.29, 1.82) is 0 Å². The molecule has 3 aromatic rings. The number of hydrogen-bond acceptors (Lipinski definition) is 6. The molecule has 1 saturated heterocycles. The van der Waals surface area contributed by atoms with Gasteiger partial charge in [-0.1, -0.05) is 18.2 Å². The first-order valence-corrected chi connectivity index (χ1v) is 10.9. The Hall–Kier alpha value is -3.25. The normalized spacial score (nSPS) is 15.0. The maximum Gasteiger partial charge on any atom is 0.573 e. The van der Waals surface area contributed by atoms with E-state index in [-0.39, 0.29) is 17.0 Å². The second-order valence-corrected chi connectivity index (χ2v) is 8.52. The molecule has 32 heavy (non-hydrogen) atoms. The molecule has 1 aliphatic heterocycles. The summed E-state index contributed by atoms with van der Waals surface area (Å²) >= 11 is 0. The van der Waals surface area contributed by atoms with Crippen LogP contribution in [-0.2, 0) is 14.8 Å². The number of anilines is 1. The van der Waals surface area contributed by atoms with E-state index in [1.165, 1.54) is 4.90 Å². The van der Waals surface area contributed by atoms with Gasteiger partial charge in [0.15, 0.2) is 0 Å². The van der Waals surface area contributed by atoms with E-state index >= 15 is 0 Å². The molecule has 0 spiro atoms. The summed E-state index contributed by atoms with van der Waals surface area (Å²) in [6.07, 6.45) is -4.98. The maximum absolute atomic E-state index is 13.0. The Balaban J connectivity index is 1.72. The van der Waals surface area contributed by atoms with Gasteiger partial charge in [-0.05, 0) is 24.3 Å². The van der Waals surface area contributed by atoms with Crippen molar-refractivity contribution in [2.24, 2.45) is 0 Å². The van der Waals surface area contributed by atoms with Gasteiger partial charge in [-0.2, -0.15) is 0 Å². The molecule has 1 N–H and O–H groups in total. The number of carbonyl (C=O) groups is 1. The minimum absolute atomic E-state index is 0.0979. The fourth-order valence-electron chi connectivity index (χ4n) is 3.24. The van der Waals surface area contributed by atoms with E-state index in [1.54, 1.807) is 24.3 Å². The third-order valence-corrected chi connectivity index (χ3v) is 6.02. The largest absolute Gasteiger partial charge is 0.573 e. The zero-order chi connectivity index (χ0) is 22.9. The highest BCUT2D eigenvalue weighted by Crippen LogP contribution is 2.34. The highest BCUT2D eigenvalue weighted by Gasteiger charge is 2.32. The van der Waals surface area contributed by atoms with E-state index in [9.17, 15) is 26.4 Å². The number of halogens is 3. The van der Waals surface area contributed by atoms with Gasteiger partial charge in [-0.3, -0.25) is 9.52 Å². The van der Waals surface area contributed by atoms with Gasteiger partial charge in [0.1, 0.15) is 17.0 Å². The predicted molar refractivity (Wildman–Crippen MR) is 107 cm³/mol. The SMILES string of the molecule is O=C(c1oc2ccccc2c1NS(=O)(=O)c1cccc(OC(F)(F)F)c1)N1CCOCC1. The van der Waals surface area contributed by atoms with Crippen molar-refractivity contribution in [3.05, 3.63) is 54.3 Å². The molecule has 170 valence electrons. The number of morpholine rings is 1. The van der Waals surface area contributed by atoms with Crippen LogP contribution in [0.2, 0.25) is 0 Å². The van der Waals surface area contributed by atoms with Crippen LogP contribution in [0.15, 0.2) is 57.8 Å². The maximum atomic E-state index is 13.0. The number of carbonyl (C=O) groups excluding carboxylic acids is 1. The summed E-state index contributed by atoms with van der Waals surface area (Å²) in [5, 5.41) is 0.329. The van der Waals surface area contributed by atoms with Gasteiger partial charge in [0, 0.05) is 24.5 Å². The number of alkyl halides is 3. The quantitative estimate of drug-likeness (QED) is 0.612. The number of para-hydroxylation sites is 1. The first kappa shape index (κ1) is 22.0. The van der Waals surface area contributed by atoms with Crippen molar-refractivity contribution in [3.8, 4) is 5.75 Å². The van der Waals surface area contributed by atoms with Crippen LogP contribution in [0.1, 0.15) is 10.6 Å². The highest BCUT2D eigenvalue weighted by molar-refractivity contribution is 7.92. The van der Waals surface area contributed by atoms with Crippen LogP contribution in [0, 0.1) is 0 Å². The number of nitrogens with zero attached hydrogens (tertiary/aromatic N) is 1. The molecule has 1 fully saturated rings. The van der Waals surface area contributed by atoms with Gasteiger partial charge in [-0.25, -0.2) is 8.42 Å². The lowest BCUT2D eigenvalue weighted by atomic mass is 10.2. The highest BCUT2D eigenvalue weighted by atomic mass is 32.2. The number of rotatable bonds is 5. The monoisotopic (exact) mass is 470 g/mol. The molecule has 0 bridgehead atoms. The Kier molecular flexibility index (Phi) is 5.73. The van der Waals surface area contributed by atoms with E-state index in [2.05, 4.69) is 9.46 Å². The Morgan fingerprint density at radius 2 is 1.78 bits per heavy atom. The predicted octanol–water partition coefficient (Wildman–Crippen LogP) is 3.60. The van der Waals surface area contributed by atoms with Crippen LogP contribution in [0.25, 0.3) is 11.0 Å². The summed E-state index contributed by atoms with van der Waals surface area (Å²) in [7, 11) is -4.39. The summed E-state index contributed by atoms with van der Waals surface area (Å²) in [4.78, 5) is 14.0.